The zero-order valence-electron chi connectivity index (χ0n) is 6.08. The maximum absolute atomic E-state index is 10.4. The molecule has 0 aliphatic carbocycles. The average molecular weight is 205 g/mol. The molecule has 1 aromatic heterocycles. The molecule has 0 aliphatic rings. The van der Waals surface area contributed by atoms with Crippen LogP contribution in [0.25, 0.3) is 0 Å². The summed E-state index contributed by atoms with van der Waals surface area (Å²) in [5, 5.41) is 0.456. The molecule has 0 bridgehead atoms. The number of rotatable bonds is 3. The number of hydrogen-bond donors (Lipinski definition) is 0. The van der Waals surface area contributed by atoms with E-state index in [2.05, 4.69) is 4.98 Å². The molecule has 0 amide bonds. The maximum atomic E-state index is 10.4. The zero-order chi connectivity index (χ0) is 8.97. The lowest BCUT2D eigenvalue weighted by Gasteiger charge is -2.00. The van der Waals surface area contributed by atoms with Gasteiger partial charge in [0.1, 0.15) is 0 Å². The first-order chi connectivity index (χ1) is 5.77. The first kappa shape index (κ1) is 9.29. The van der Waals surface area contributed by atoms with Crippen molar-refractivity contribution < 1.29 is 4.79 Å². The van der Waals surface area contributed by atoms with Crippen LogP contribution in [-0.4, -0.2) is 15.8 Å². The highest BCUT2D eigenvalue weighted by Gasteiger charge is 2.01. The molecule has 1 rings (SSSR count). The van der Waals surface area contributed by atoms with Gasteiger partial charge in [0.25, 0.3) is 0 Å². The van der Waals surface area contributed by atoms with E-state index in [-0.39, 0.29) is 0 Å². The van der Waals surface area contributed by atoms with Crippen molar-refractivity contribution in [3.05, 3.63) is 28.8 Å². The largest absolute Gasteiger partial charge is 0.323 e. The smallest absolute Gasteiger partial charge is 0.185 e. The van der Waals surface area contributed by atoms with Crippen LogP contribution >= 0.6 is 23.2 Å². The monoisotopic (exact) mass is 204 g/mol. The second-order valence-electron chi connectivity index (χ2n) is 2.09. The number of aldehydes is 1. The van der Waals surface area contributed by atoms with Crippen LogP contribution in [-0.2, 0) is 6.54 Å². The fourth-order valence-corrected chi connectivity index (χ4v) is 0.968. The summed E-state index contributed by atoms with van der Waals surface area (Å²) < 4.78 is 1.61. The minimum Gasteiger partial charge on any atom is -0.323 e. The molecule has 1 heterocycles. The van der Waals surface area contributed by atoms with Crippen LogP contribution in [0.15, 0.2) is 23.0 Å². The molecule has 0 atom stereocenters. The fourth-order valence-electron chi connectivity index (χ4n) is 0.770. The highest BCUT2D eigenvalue weighted by Crippen LogP contribution is 2.07. The minimum atomic E-state index is 0.340. The van der Waals surface area contributed by atoms with Crippen molar-refractivity contribution in [2.24, 2.45) is 0 Å². The Morgan fingerprint density at radius 2 is 2.50 bits per heavy atom. The first-order valence-electron chi connectivity index (χ1n) is 3.19. The van der Waals surface area contributed by atoms with Gasteiger partial charge in [-0.25, -0.2) is 4.98 Å². The predicted octanol–water partition coefficient (Wildman–Crippen LogP) is 2.01. The van der Waals surface area contributed by atoms with Crippen LogP contribution in [0.2, 0.25) is 0 Å². The molecule has 0 N–H and O–H groups in total. The number of hydrogen-bond acceptors (Lipinski definition) is 2. The molecular weight excluding hydrogens is 199 g/mol. The molecule has 5 heteroatoms. The van der Waals surface area contributed by atoms with E-state index in [4.69, 9.17) is 23.2 Å². The molecule has 1 aromatic rings. The highest BCUT2D eigenvalue weighted by atomic mass is 35.5. The quantitative estimate of drug-likeness (QED) is 0.707. The summed E-state index contributed by atoms with van der Waals surface area (Å²) in [4.78, 5) is 14.2. The van der Waals surface area contributed by atoms with Crippen LogP contribution in [0.3, 0.4) is 0 Å². The number of imidazole rings is 1. The number of carbonyl (C=O) groups is 1. The summed E-state index contributed by atoms with van der Waals surface area (Å²) in [7, 11) is 0. The second kappa shape index (κ2) is 4.28. The van der Waals surface area contributed by atoms with E-state index in [9.17, 15) is 4.79 Å². The molecular formula is C7H6Cl2N2O. The molecule has 0 saturated carbocycles. The molecule has 0 spiro atoms. The Kier molecular flexibility index (Phi) is 3.31. The SMILES string of the molecule is O=Cc1nccn1C/C(Cl)=C\Cl. The Labute approximate surface area is 79.6 Å². The van der Waals surface area contributed by atoms with E-state index < -0.39 is 0 Å². The van der Waals surface area contributed by atoms with E-state index in [1.807, 2.05) is 0 Å². The van der Waals surface area contributed by atoms with Crippen molar-refractivity contribution in [3.8, 4) is 0 Å². The molecule has 0 aromatic carbocycles. The Hall–Kier alpha value is -0.800. The van der Waals surface area contributed by atoms with Gasteiger partial charge in [0, 0.05) is 23.0 Å². The third-order valence-electron chi connectivity index (χ3n) is 1.29. The number of aromatic nitrogens is 2. The third-order valence-corrected chi connectivity index (χ3v) is 1.90. The van der Waals surface area contributed by atoms with E-state index in [0.29, 0.717) is 23.7 Å². The summed E-state index contributed by atoms with van der Waals surface area (Å²) in [5.41, 5.74) is 1.26. The molecule has 0 aliphatic heterocycles. The maximum Gasteiger partial charge on any atom is 0.185 e. The van der Waals surface area contributed by atoms with E-state index >= 15 is 0 Å². The fraction of sp³-hybridized carbons (Fsp3) is 0.143. The highest BCUT2D eigenvalue weighted by molar-refractivity contribution is 6.36. The van der Waals surface area contributed by atoms with Crippen molar-refractivity contribution in [2.75, 3.05) is 0 Å². The predicted molar refractivity (Wildman–Crippen MR) is 47.4 cm³/mol. The van der Waals surface area contributed by atoms with Gasteiger partial charge in [-0.1, -0.05) is 23.2 Å². The van der Waals surface area contributed by atoms with Crippen LogP contribution in [0, 0.1) is 0 Å². The van der Waals surface area contributed by atoms with Crippen LogP contribution in [0.5, 0.6) is 0 Å². The number of halogens is 2. The Morgan fingerprint density at radius 1 is 1.75 bits per heavy atom. The molecule has 0 radical (unpaired) electrons. The summed E-state index contributed by atoms with van der Waals surface area (Å²) >= 11 is 11.0. The molecule has 3 nitrogen and oxygen atoms in total. The van der Waals surface area contributed by atoms with Crippen LogP contribution in [0.4, 0.5) is 0 Å². The summed E-state index contributed by atoms with van der Waals surface area (Å²) in [6.07, 6.45) is 3.85. The van der Waals surface area contributed by atoms with Gasteiger partial charge in [0.15, 0.2) is 12.1 Å². The van der Waals surface area contributed by atoms with Crippen molar-refractivity contribution in [3.63, 3.8) is 0 Å². The summed E-state index contributed by atoms with van der Waals surface area (Å²) in [6, 6.07) is 0. The molecule has 0 unspecified atom stereocenters. The lowest BCUT2D eigenvalue weighted by atomic mass is 10.5. The zero-order valence-corrected chi connectivity index (χ0v) is 7.59. The molecule has 0 fully saturated rings. The van der Waals surface area contributed by atoms with E-state index in [1.165, 1.54) is 11.7 Å². The van der Waals surface area contributed by atoms with Gasteiger partial charge in [0.05, 0.1) is 6.54 Å². The Balaban J connectivity index is 2.81. The van der Waals surface area contributed by atoms with Gasteiger partial charge in [-0.2, -0.15) is 0 Å². The van der Waals surface area contributed by atoms with Gasteiger partial charge >= 0.3 is 0 Å². The molecule has 0 saturated heterocycles. The van der Waals surface area contributed by atoms with Crippen molar-refractivity contribution in [1.82, 2.24) is 9.55 Å². The standard InChI is InChI=1S/C7H6Cl2N2O/c8-3-6(9)4-11-2-1-10-7(11)5-12/h1-3,5H,4H2/b6-3+. The van der Waals surface area contributed by atoms with Crippen LogP contribution < -0.4 is 0 Å². The number of allylic oxidation sites excluding steroid dienone is 1. The lowest BCUT2D eigenvalue weighted by molar-refractivity contribution is 0.111. The Morgan fingerprint density at radius 3 is 3.08 bits per heavy atom. The van der Waals surface area contributed by atoms with Gasteiger partial charge < -0.3 is 4.57 Å². The van der Waals surface area contributed by atoms with Gasteiger partial charge in [-0.3, -0.25) is 4.79 Å². The van der Waals surface area contributed by atoms with Crippen molar-refractivity contribution in [1.29, 1.82) is 0 Å². The first-order valence-corrected chi connectivity index (χ1v) is 4.00. The van der Waals surface area contributed by atoms with E-state index in [0.717, 1.165) is 0 Å². The third kappa shape index (κ3) is 2.09. The lowest BCUT2D eigenvalue weighted by Crippen LogP contribution is -2.01. The average Bonchev–Trinajstić information content (AvgIpc) is 2.51. The number of carbonyl (C=O) groups excluding carboxylic acids is 1. The van der Waals surface area contributed by atoms with Crippen molar-refractivity contribution in [2.45, 2.75) is 6.54 Å². The minimum absolute atomic E-state index is 0.340. The van der Waals surface area contributed by atoms with Gasteiger partial charge in [-0.15, -0.1) is 0 Å². The topological polar surface area (TPSA) is 34.9 Å². The normalized spacial score (nSPS) is 11.7. The molecule has 12 heavy (non-hydrogen) atoms. The Bertz CT molecular complexity index is 306. The number of nitrogens with zero attached hydrogens (tertiary/aromatic N) is 2. The van der Waals surface area contributed by atoms with E-state index in [1.54, 1.807) is 10.8 Å². The van der Waals surface area contributed by atoms with Gasteiger partial charge in [-0.05, 0) is 0 Å². The summed E-state index contributed by atoms with van der Waals surface area (Å²) in [5.74, 6) is 0.340. The second-order valence-corrected chi connectivity index (χ2v) is 2.79. The van der Waals surface area contributed by atoms with Gasteiger partial charge in [0.2, 0.25) is 0 Å². The van der Waals surface area contributed by atoms with Crippen LogP contribution in [0.1, 0.15) is 10.6 Å². The summed E-state index contributed by atoms with van der Waals surface area (Å²) in [6.45, 7) is 0.374. The van der Waals surface area contributed by atoms with Crippen molar-refractivity contribution >= 4 is 29.5 Å². The molecule has 64 valence electrons.